The number of nitrogens with zero attached hydrogens (tertiary/aromatic N) is 2. The maximum absolute atomic E-state index is 13.5. The number of amides is 5. The van der Waals surface area contributed by atoms with E-state index in [1.807, 2.05) is 32.0 Å². The summed E-state index contributed by atoms with van der Waals surface area (Å²) in [6.07, 6.45) is 0.682. The van der Waals surface area contributed by atoms with Crippen molar-refractivity contribution in [1.82, 2.24) is 15.1 Å². The molecule has 0 saturated carbocycles. The van der Waals surface area contributed by atoms with Gasteiger partial charge in [-0.3, -0.25) is 14.5 Å². The van der Waals surface area contributed by atoms with Crippen LogP contribution in [0.25, 0.3) is 0 Å². The van der Waals surface area contributed by atoms with Crippen LogP contribution in [-0.2, 0) is 16.0 Å². The van der Waals surface area contributed by atoms with Crippen LogP contribution in [-0.4, -0.2) is 77.7 Å². The van der Waals surface area contributed by atoms with Gasteiger partial charge in [-0.25, -0.2) is 9.59 Å². The smallest absolute Gasteiger partial charge is 0.327 e. The number of piperidine rings is 1. The molecule has 2 aliphatic rings. The average Bonchev–Trinajstić information content (AvgIpc) is 2.90. The van der Waals surface area contributed by atoms with E-state index in [0.29, 0.717) is 61.7 Å². The number of carboxylic acids is 1. The largest absolute Gasteiger partial charge is 0.495 e. The van der Waals surface area contributed by atoms with Gasteiger partial charge in [-0.2, -0.15) is 0 Å². The van der Waals surface area contributed by atoms with Crippen molar-refractivity contribution in [3.63, 3.8) is 0 Å². The van der Waals surface area contributed by atoms with Gasteiger partial charge in [-0.05, 0) is 56.0 Å². The van der Waals surface area contributed by atoms with Crippen LogP contribution >= 0.6 is 0 Å². The minimum atomic E-state index is -0.857. The Bertz CT molecular complexity index is 1250. The van der Waals surface area contributed by atoms with Gasteiger partial charge in [0.15, 0.2) is 0 Å². The molecule has 0 radical (unpaired) electrons. The van der Waals surface area contributed by atoms with E-state index in [0.717, 1.165) is 5.56 Å². The number of nitrogens with one attached hydrogen (secondary N) is 3. The van der Waals surface area contributed by atoms with E-state index in [1.54, 1.807) is 29.2 Å². The molecule has 0 aliphatic carbocycles. The summed E-state index contributed by atoms with van der Waals surface area (Å²) in [7, 11) is 1.48. The Kier molecular flexibility index (Phi) is 8.39. The minimum absolute atomic E-state index is 0.0427. The van der Waals surface area contributed by atoms with Crippen LogP contribution in [0.5, 0.6) is 5.75 Å². The molecule has 39 heavy (non-hydrogen) atoms. The molecule has 2 saturated heterocycles. The number of ether oxygens (including phenoxy) is 1. The third-order valence-corrected chi connectivity index (χ3v) is 7.37. The molecular weight excluding hydrogens is 502 g/mol. The van der Waals surface area contributed by atoms with E-state index < -0.39 is 29.5 Å². The second-order valence-electron chi connectivity index (χ2n) is 10.3. The molecule has 5 amide bonds. The first-order chi connectivity index (χ1) is 18.6. The summed E-state index contributed by atoms with van der Waals surface area (Å²) in [4.78, 5) is 53.8. The number of hydrogen-bond donors (Lipinski definition) is 4. The van der Waals surface area contributed by atoms with E-state index >= 15 is 0 Å². The Morgan fingerprint density at radius 3 is 2.33 bits per heavy atom. The van der Waals surface area contributed by atoms with Gasteiger partial charge in [0.2, 0.25) is 5.91 Å². The highest BCUT2D eigenvalue weighted by atomic mass is 16.5. The fourth-order valence-corrected chi connectivity index (χ4v) is 4.93. The van der Waals surface area contributed by atoms with E-state index in [1.165, 1.54) is 12.0 Å². The number of hydrogen-bond acceptors (Lipinski definition) is 6. The number of methoxy groups -OCH3 is 1. The lowest BCUT2D eigenvalue weighted by Gasteiger charge is -2.48. The Morgan fingerprint density at radius 1 is 1.08 bits per heavy atom. The predicted octanol–water partition coefficient (Wildman–Crippen LogP) is 3.30. The molecule has 4 N–H and O–H groups in total. The van der Waals surface area contributed by atoms with Gasteiger partial charge < -0.3 is 30.7 Å². The van der Waals surface area contributed by atoms with Gasteiger partial charge in [0.05, 0.1) is 30.7 Å². The van der Waals surface area contributed by atoms with E-state index in [9.17, 15) is 24.3 Å². The molecule has 0 atom stereocenters. The van der Waals surface area contributed by atoms with Gasteiger partial charge in [0.25, 0.3) is 0 Å². The van der Waals surface area contributed by atoms with E-state index in [4.69, 9.17) is 4.74 Å². The van der Waals surface area contributed by atoms with Crippen LogP contribution in [0, 0.1) is 12.8 Å². The molecule has 2 aliphatic heterocycles. The first-order valence-corrected chi connectivity index (χ1v) is 13.0. The van der Waals surface area contributed by atoms with Gasteiger partial charge >= 0.3 is 18.0 Å². The third kappa shape index (κ3) is 6.31. The average molecular weight is 538 g/mol. The number of urea groups is 2. The van der Waals surface area contributed by atoms with Crippen molar-refractivity contribution >= 4 is 35.3 Å². The Morgan fingerprint density at radius 2 is 1.74 bits per heavy atom. The zero-order valence-electron chi connectivity index (χ0n) is 22.5. The number of likely N-dealkylation sites (tertiary alicyclic amines) is 1. The predicted molar refractivity (Wildman–Crippen MR) is 146 cm³/mol. The summed E-state index contributed by atoms with van der Waals surface area (Å²) in [6.45, 7) is 5.32. The Hall–Kier alpha value is -4.12. The second kappa shape index (κ2) is 11.7. The minimum Gasteiger partial charge on any atom is -0.495 e. The zero-order chi connectivity index (χ0) is 28.2. The molecule has 2 aromatic rings. The number of aryl methyl sites for hydroxylation is 1. The Labute approximate surface area is 227 Å². The first kappa shape index (κ1) is 27.9. The standard InChI is InChI=1S/C28H35N5O6/c1-18-6-4-5-7-21(18)30-26(37)31-22-9-8-19(14-23(22)39-3)15-24(34)33(28(2)16-29-17-28)27(38)32-12-10-20(11-13-32)25(35)36/h4-9,14,20,29H,10-13,15-17H2,1-3H3,(H,35,36)(H2,30,31,37). The van der Waals surface area contributed by atoms with Gasteiger partial charge in [0.1, 0.15) is 5.75 Å². The molecule has 2 fully saturated rings. The number of anilines is 2. The summed E-state index contributed by atoms with van der Waals surface area (Å²) in [5, 5.41) is 18.0. The van der Waals surface area contributed by atoms with Crippen molar-refractivity contribution in [3.05, 3.63) is 53.6 Å². The van der Waals surface area contributed by atoms with Gasteiger partial charge in [-0.1, -0.05) is 24.3 Å². The fraction of sp³-hybridized carbons (Fsp3) is 0.429. The fourth-order valence-electron chi connectivity index (χ4n) is 4.93. The molecule has 208 valence electrons. The quantitative estimate of drug-likeness (QED) is 0.425. The molecule has 0 unspecified atom stereocenters. The molecule has 0 aromatic heterocycles. The molecule has 0 bridgehead atoms. The summed E-state index contributed by atoms with van der Waals surface area (Å²) in [5.41, 5.74) is 2.00. The van der Waals surface area contributed by atoms with Gasteiger partial charge in [-0.15, -0.1) is 0 Å². The lowest BCUT2D eigenvalue weighted by molar-refractivity contribution is -0.143. The maximum Gasteiger partial charge on any atom is 0.327 e. The van der Waals surface area contributed by atoms with Crippen LogP contribution in [0.15, 0.2) is 42.5 Å². The molecule has 4 rings (SSSR count). The number of rotatable bonds is 7. The number of imide groups is 1. The highest BCUT2D eigenvalue weighted by Gasteiger charge is 2.46. The summed E-state index contributed by atoms with van der Waals surface area (Å²) in [6, 6.07) is 11.6. The molecule has 2 heterocycles. The lowest BCUT2D eigenvalue weighted by atomic mass is 9.91. The summed E-state index contributed by atoms with van der Waals surface area (Å²) < 4.78 is 5.47. The molecule has 11 heteroatoms. The van der Waals surface area contributed by atoms with Crippen molar-refractivity contribution in [2.24, 2.45) is 5.92 Å². The molecular formula is C28H35N5O6. The first-order valence-electron chi connectivity index (χ1n) is 13.0. The number of benzene rings is 2. The number of para-hydroxylation sites is 1. The van der Waals surface area contributed by atoms with Crippen molar-refractivity contribution in [2.75, 3.05) is 43.9 Å². The second-order valence-corrected chi connectivity index (χ2v) is 10.3. The highest BCUT2D eigenvalue weighted by Crippen LogP contribution is 2.29. The van der Waals surface area contributed by atoms with Crippen LogP contribution < -0.4 is 20.7 Å². The summed E-state index contributed by atoms with van der Waals surface area (Å²) in [5.74, 6) is -1.31. The van der Waals surface area contributed by atoms with Crippen LogP contribution in [0.4, 0.5) is 21.0 Å². The normalized spacial score (nSPS) is 16.5. The highest BCUT2D eigenvalue weighted by molar-refractivity contribution is 6.01. The monoisotopic (exact) mass is 537 g/mol. The van der Waals surface area contributed by atoms with Gasteiger partial charge in [0, 0.05) is 31.9 Å². The third-order valence-electron chi connectivity index (χ3n) is 7.37. The SMILES string of the molecule is COc1cc(CC(=O)N(C(=O)N2CCC(C(=O)O)CC2)C2(C)CNC2)ccc1NC(=O)Nc1ccccc1C. The lowest BCUT2D eigenvalue weighted by Crippen LogP contribution is -2.71. The molecule has 11 nitrogen and oxygen atoms in total. The zero-order valence-corrected chi connectivity index (χ0v) is 22.5. The van der Waals surface area contributed by atoms with Crippen molar-refractivity contribution in [1.29, 1.82) is 0 Å². The summed E-state index contributed by atoms with van der Waals surface area (Å²) >= 11 is 0. The molecule has 0 spiro atoms. The van der Waals surface area contributed by atoms with Crippen LogP contribution in [0.1, 0.15) is 30.9 Å². The maximum atomic E-state index is 13.5. The van der Waals surface area contributed by atoms with E-state index in [-0.39, 0.29) is 12.3 Å². The topological polar surface area (TPSA) is 140 Å². The van der Waals surface area contributed by atoms with Crippen molar-refractivity contribution < 1.29 is 29.0 Å². The number of carbonyl (C=O) groups is 4. The Balaban J connectivity index is 1.45. The number of carboxylic acid groups (broad SMARTS) is 1. The van der Waals surface area contributed by atoms with Crippen molar-refractivity contribution in [3.8, 4) is 5.75 Å². The number of aliphatic carboxylic acids is 1. The van der Waals surface area contributed by atoms with Crippen LogP contribution in [0.3, 0.4) is 0 Å². The van der Waals surface area contributed by atoms with E-state index in [2.05, 4.69) is 16.0 Å². The molecule has 2 aromatic carbocycles. The number of carbonyl (C=O) groups excluding carboxylic acids is 3. The van der Waals surface area contributed by atoms with Crippen LogP contribution in [0.2, 0.25) is 0 Å². The van der Waals surface area contributed by atoms with Crippen molar-refractivity contribution in [2.45, 2.75) is 38.6 Å².